The molecule has 0 spiro atoms. The number of aromatic nitrogens is 1. The van der Waals surface area contributed by atoms with E-state index in [1.165, 1.54) is 23.1 Å². The van der Waals surface area contributed by atoms with Crippen LogP contribution in [0.2, 0.25) is 0 Å². The Hall–Kier alpha value is -3.81. The fourth-order valence-electron chi connectivity index (χ4n) is 4.37. The van der Waals surface area contributed by atoms with Gasteiger partial charge in [-0.2, -0.15) is 0 Å². The van der Waals surface area contributed by atoms with Gasteiger partial charge in [-0.3, -0.25) is 19.3 Å². The molecule has 3 amide bonds. The Bertz CT molecular complexity index is 1280. The van der Waals surface area contributed by atoms with Gasteiger partial charge in [0.05, 0.1) is 23.4 Å². The molecule has 2 aliphatic rings. The quantitative estimate of drug-likeness (QED) is 0.563. The second kappa shape index (κ2) is 7.95. The van der Waals surface area contributed by atoms with Crippen LogP contribution in [0.1, 0.15) is 62.6 Å². The van der Waals surface area contributed by atoms with Gasteiger partial charge >= 0.3 is 0 Å². The maximum Gasteiger partial charge on any atom is 0.261 e. The Labute approximate surface area is 189 Å². The van der Waals surface area contributed by atoms with Gasteiger partial charge in [0.1, 0.15) is 5.82 Å². The van der Waals surface area contributed by atoms with E-state index in [1.807, 2.05) is 13.8 Å². The lowest BCUT2D eigenvalue weighted by Crippen LogP contribution is -2.37. The largest absolute Gasteiger partial charge is 0.356 e. The molecular formula is C25H22FN3O4. The molecule has 7 nitrogen and oxygen atoms in total. The van der Waals surface area contributed by atoms with Crippen molar-refractivity contribution >= 4 is 17.7 Å². The summed E-state index contributed by atoms with van der Waals surface area (Å²) in [6, 6.07) is 10.4. The summed E-state index contributed by atoms with van der Waals surface area (Å²) in [6.07, 6.45) is 1.18. The van der Waals surface area contributed by atoms with Gasteiger partial charge in [-0.25, -0.2) is 4.39 Å². The first-order chi connectivity index (χ1) is 15.9. The Morgan fingerprint density at radius 3 is 2.58 bits per heavy atom. The summed E-state index contributed by atoms with van der Waals surface area (Å²) >= 11 is 0. The van der Waals surface area contributed by atoms with E-state index in [0.29, 0.717) is 41.8 Å². The third-order valence-corrected chi connectivity index (χ3v) is 6.43. The molecule has 0 bridgehead atoms. The molecule has 168 valence electrons. The predicted octanol–water partition coefficient (Wildman–Crippen LogP) is 4.07. The highest BCUT2D eigenvalue weighted by atomic mass is 19.1. The zero-order valence-corrected chi connectivity index (χ0v) is 18.3. The fraction of sp³-hybridized carbons (Fsp3) is 0.280. The summed E-state index contributed by atoms with van der Waals surface area (Å²) < 4.78 is 18.8. The highest BCUT2D eigenvalue weighted by Crippen LogP contribution is 2.32. The number of benzene rings is 2. The second-order valence-corrected chi connectivity index (χ2v) is 8.42. The van der Waals surface area contributed by atoms with Crippen LogP contribution in [0.15, 0.2) is 47.0 Å². The Balaban J connectivity index is 1.41. The number of amides is 3. The average Bonchev–Trinajstić information content (AvgIpc) is 3.36. The number of carbonyl (C=O) groups is 3. The first kappa shape index (κ1) is 21.1. The van der Waals surface area contributed by atoms with Gasteiger partial charge < -0.3 is 9.42 Å². The van der Waals surface area contributed by atoms with Gasteiger partial charge in [0, 0.05) is 35.7 Å². The van der Waals surface area contributed by atoms with Crippen molar-refractivity contribution in [3.8, 4) is 11.3 Å². The molecular weight excluding hydrogens is 425 g/mol. The standard InChI is InChI=1S/C25H22FN3O4/c1-3-14(2)29-24(31)18-9-6-16(12-19(18)25(29)32)23(30)28-11-10-21-20(13-28)22(33-27-21)15-4-7-17(26)8-5-15/h4-9,12,14H,3,10-11,13H2,1-2H3. The molecule has 1 atom stereocenters. The summed E-state index contributed by atoms with van der Waals surface area (Å²) in [5.74, 6) is -0.754. The summed E-state index contributed by atoms with van der Waals surface area (Å²) in [5, 5.41) is 4.13. The SMILES string of the molecule is CCC(C)N1C(=O)c2ccc(C(=O)N3CCc4noc(-c5ccc(F)cc5)c4C3)cc2C1=O. The van der Waals surface area contributed by atoms with Crippen molar-refractivity contribution in [1.82, 2.24) is 15.0 Å². The van der Waals surface area contributed by atoms with Crippen molar-refractivity contribution in [3.05, 3.63) is 76.2 Å². The van der Waals surface area contributed by atoms with Crippen LogP contribution in [0.5, 0.6) is 0 Å². The number of rotatable bonds is 4. The zero-order chi connectivity index (χ0) is 23.3. The maximum atomic E-state index is 13.3. The van der Waals surface area contributed by atoms with E-state index < -0.39 is 0 Å². The van der Waals surface area contributed by atoms with E-state index in [0.717, 1.165) is 11.3 Å². The summed E-state index contributed by atoms with van der Waals surface area (Å²) in [6.45, 7) is 4.48. The van der Waals surface area contributed by atoms with E-state index in [-0.39, 0.29) is 41.7 Å². The molecule has 3 aromatic rings. The molecule has 33 heavy (non-hydrogen) atoms. The second-order valence-electron chi connectivity index (χ2n) is 8.42. The fourth-order valence-corrected chi connectivity index (χ4v) is 4.37. The monoisotopic (exact) mass is 447 g/mol. The van der Waals surface area contributed by atoms with Crippen LogP contribution in [0.3, 0.4) is 0 Å². The maximum absolute atomic E-state index is 13.3. The lowest BCUT2D eigenvalue weighted by atomic mass is 10.00. The smallest absolute Gasteiger partial charge is 0.261 e. The van der Waals surface area contributed by atoms with Gasteiger partial charge in [-0.05, 0) is 55.8 Å². The number of hydrogen-bond acceptors (Lipinski definition) is 5. The number of nitrogens with zero attached hydrogens (tertiary/aromatic N) is 3. The number of hydrogen-bond donors (Lipinski definition) is 0. The topological polar surface area (TPSA) is 83.7 Å². The Morgan fingerprint density at radius 1 is 1.12 bits per heavy atom. The normalized spacial score (nSPS) is 16.1. The van der Waals surface area contributed by atoms with Crippen LogP contribution in [-0.4, -0.2) is 45.3 Å². The molecule has 0 aliphatic carbocycles. The summed E-state index contributed by atoms with van der Waals surface area (Å²) in [7, 11) is 0. The van der Waals surface area contributed by atoms with Crippen molar-refractivity contribution in [2.24, 2.45) is 0 Å². The molecule has 2 aliphatic heterocycles. The van der Waals surface area contributed by atoms with E-state index in [2.05, 4.69) is 5.16 Å². The molecule has 1 unspecified atom stereocenters. The Kier molecular flexibility index (Phi) is 5.08. The van der Waals surface area contributed by atoms with Gasteiger partial charge in [0.15, 0.2) is 5.76 Å². The third-order valence-electron chi connectivity index (χ3n) is 6.43. The predicted molar refractivity (Wildman–Crippen MR) is 117 cm³/mol. The number of fused-ring (bicyclic) bond motifs is 2. The first-order valence-corrected chi connectivity index (χ1v) is 10.9. The molecule has 0 N–H and O–H groups in total. The van der Waals surface area contributed by atoms with Gasteiger partial charge in [-0.1, -0.05) is 12.1 Å². The lowest BCUT2D eigenvalue weighted by Gasteiger charge is -2.26. The van der Waals surface area contributed by atoms with E-state index in [9.17, 15) is 18.8 Å². The summed E-state index contributed by atoms with van der Waals surface area (Å²) in [4.78, 5) is 41.7. The highest BCUT2D eigenvalue weighted by Gasteiger charge is 2.38. The van der Waals surface area contributed by atoms with Crippen LogP contribution in [0.25, 0.3) is 11.3 Å². The molecule has 0 fully saturated rings. The molecule has 5 rings (SSSR count). The summed E-state index contributed by atoms with van der Waals surface area (Å²) in [5.41, 5.74) is 3.19. The number of halogens is 1. The molecule has 8 heteroatoms. The van der Waals surface area contributed by atoms with Gasteiger partial charge in [0.2, 0.25) is 0 Å². The minimum atomic E-state index is -0.363. The van der Waals surface area contributed by atoms with Crippen molar-refractivity contribution in [1.29, 1.82) is 0 Å². The molecule has 1 aromatic heterocycles. The first-order valence-electron chi connectivity index (χ1n) is 10.9. The highest BCUT2D eigenvalue weighted by molar-refractivity contribution is 6.22. The van der Waals surface area contributed by atoms with Crippen molar-refractivity contribution in [3.63, 3.8) is 0 Å². The minimum absolute atomic E-state index is 0.212. The zero-order valence-electron chi connectivity index (χ0n) is 18.3. The third kappa shape index (κ3) is 3.42. The number of imide groups is 1. The lowest BCUT2D eigenvalue weighted by molar-refractivity contribution is 0.0593. The van der Waals surface area contributed by atoms with E-state index in [1.54, 1.807) is 29.2 Å². The molecule has 0 saturated carbocycles. The van der Waals surface area contributed by atoms with Crippen LogP contribution in [-0.2, 0) is 13.0 Å². The van der Waals surface area contributed by atoms with Crippen LogP contribution in [0.4, 0.5) is 4.39 Å². The van der Waals surface area contributed by atoms with Crippen LogP contribution in [0, 0.1) is 5.82 Å². The average molecular weight is 447 g/mol. The van der Waals surface area contributed by atoms with Gasteiger partial charge in [-0.15, -0.1) is 0 Å². The van der Waals surface area contributed by atoms with Crippen molar-refractivity contribution in [2.75, 3.05) is 6.54 Å². The van der Waals surface area contributed by atoms with Crippen LogP contribution < -0.4 is 0 Å². The number of carbonyl (C=O) groups excluding carboxylic acids is 3. The molecule has 2 aromatic carbocycles. The van der Waals surface area contributed by atoms with Crippen LogP contribution >= 0.6 is 0 Å². The van der Waals surface area contributed by atoms with Crippen molar-refractivity contribution < 1.29 is 23.3 Å². The van der Waals surface area contributed by atoms with E-state index in [4.69, 9.17) is 4.52 Å². The molecule has 3 heterocycles. The molecule has 0 radical (unpaired) electrons. The molecule has 0 saturated heterocycles. The minimum Gasteiger partial charge on any atom is -0.356 e. The van der Waals surface area contributed by atoms with Crippen molar-refractivity contribution in [2.45, 2.75) is 39.3 Å². The van der Waals surface area contributed by atoms with Gasteiger partial charge in [0.25, 0.3) is 17.7 Å². The van der Waals surface area contributed by atoms with E-state index >= 15 is 0 Å². The Morgan fingerprint density at radius 2 is 1.85 bits per heavy atom.